The molecule has 3 fully saturated rings. The second-order valence-electron chi connectivity index (χ2n) is 12.1. The number of halogens is 3. The minimum atomic E-state index is -5.16. The van der Waals surface area contributed by atoms with Crippen LogP contribution in [0.15, 0.2) is 0 Å². The van der Waals surface area contributed by atoms with Gasteiger partial charge in [-0.15, -0.1) is 0 Å². The van der Waals surface area contributed by atoms with Gasteiger partial charge in [-0.1, -0.05) is 34.6 Å². The molecule has 3 N–H and O–H groups in total. The number of likely N-dealkylation sites (tertiary alicyclic amines) is 1. The van der Waals surface area contributed by atoms with Gasteiger partial charge in [0.2, 0.25) is 17.7 Å². The lowest BCUT2D eigenvalue weighted by molar-refractivity contribution is -0.176. The van der Waals surface area contributed by atoms with Crippen LogP contribution in [0.1, 0.15) is 60.3 Å². The molecule has 0 radical (unpaired) electrons. The Morgan fingerprint density at radius 2 is 1.86 bits per heavy atom. The van der Waals surface area contributed by atoms with Gasteiger partial charge in [-0.25, -0.2) is 0 Å². The molecule has 2 heterocycles. The Kier molecular flexibility index (Phi) is 7.87. The lowest BCUT2D eigenvalue weighted by Crippen LogP contribution is -2.61. The summed E-state index contributed by atoms with van der Waals surface area (Å²) in [6, 6.07) is -1.04. The Morgan fingerprint density at radius 3 is 2.41 bits per heavy atom. The van der Waals surface area contributed by atoms with Gasteiger partial charge in [0.1, 0.15) is 12.1 Å². The number of carbonyl (C=O) groups excluding carboxylic acids is 4. The van der Waals surface area contributed by atoms with E-state index in [0.29, 0.717) is 13.0 Å². The highest BCUT2D eigenvalue weighted by molar-refractivity contribution is 5.95. The number of fused-ring (bicyclic) bond motifs is 1. The predicted octanol–water partition coefficient (Wildman–Crippen LogP) is 1.88. The van der Waals surface area contributed by atoms with Crippen LogP contribution in [0.2, 0.25) is 0 Å². The highest BCUT2D eigenvalue weighted by Gasteiger charge is 2.70. The largest absolute Gasteiger partial charge is 0.471 e. The molecule has 0 spiro atoms. The number of carbonyl (C=O) groups is 4. The lowest BCUT2D eigenvalue weighted by atomic mass is 9.85. The quantitative estimate of drug-likeness (QED) is 0.465. The maximum Gasteiger partial charge on any atom is 0.471 e. The van der Waals surface area contributed by atoms with E-state index in [4.69, 9.17) is 0 Å². The molecule has 3 aliphatic rings. The van der Waals surface area contributed by atoms with Crippen LogP contribution >= 0.6 is 0 Å². The maximum absolute atomic E-state index is 13.6. The van der Waals surface area contributed by atoms with Gasteiger partial charge in [0, 0.05) is 25.0 Å². The fraction of sp³-hybridized carbons (Fsp3) is 0.800. The number of nitrogens with one attached hydrogen (secondary N) is 3. The summed E-state index contributed by atoms with van der Waals surface area (Å²) in [6.45, 7) is 9.33. The first-order valence-electron chi connectivity index (χ1n) is 12.6. The molecule has 9 nitrogen and oxygen atoms in total. The number of alkyl halides is 3. The number of hydrogen-bond acceptors (Lipinski definition) is 5. The Labute approximate surface area is 214 Å². The van der Waals surface area contributed by atoms with Gasteiger partial charge in [0.15, 0.2) is 0 Å². The van der Waals surface area contributed by atoms with Crippen LogP contribution in [0.25, 0.3) is 0 Å². The fourth-order valence-electron chi connectivity index (χ4n) is 5.83. The van der Waals surface area contributed by atoms with Crippen LogP contribution in [-0.2, 0) is 19.2 Å². The summed E-state index contributed by atoms with van der Waals surface area (Å²) in [4.78, 5) is 52.3. The molecule has 0 aromatic rings. The van der Waals surface area contributed by atoms with Crippen molar-refractivity contribution in [1.29, 1.82) is 5.26 Å². The molecular formula is C25H36F3N5O4. The molecule has 2 aliphatic heterocycles. The van der Waals surface area contributed by atoms with Gasteiger partial charge in [-0.05, 0) is 41.9 Å². The topological polar surface area (TPSA) is 131 Å². The predicted molar refractivity (Wildman–Crippen MR) is 126 cm³/mol. The second kappa shape index (κ2) is 10.1. The highest BCUT2D eigenvalue weighted by atomic mass is 19.4. The number of piperidine rings is 2. The zero-order chi connectivity index (χ0) is 27.9. The van der Waals surface area contributed by atoms with E-state index in [1.807, 2.05) is 25.2 Å². The third-order valence-corrected chi connectivity index (χ3v) is 8.06. The van der Waals surface area contributed by atoms with Crippen molar-refractivity contribution in [3.05, 3.63) is 0 Å². The number of nitriles is 1. The van der Waals surface area contributed by atoms with Gasteiger partial charge < -0.3 is 20.9 Å². The van der Waals surface area contributed by atoms with Crippen LogP contribution in [0.4, 0.5) is 13.2 Å². The van der Waals surface area contributed by atoms with Crippen LogP contribution in [0, 0.1) is 39.9 Å². The SMILES string of the molecule is CC(C)(C)[C@H](NC(=O)C(F)(F)F)C(=O)N1C[C@H]2[C@@H]([C@H]1C(=O)N[C@H](CC#N)C[C@@H]1CCCNC1=O)C2(C)C. The Morgan fingerprint density at radius 1 is 1.22 bits per heavy atom. The van der Waals surface area contributed by atoms with E-state index in [2.05, 4.69) is 10.6 Å². The van der Waals surface area contributed by atoms with E-state index in [9.17, 15) is 37.6 Å². The molecule has 37 heavy (non-hydrogen) atoms. The zero-order valence-corrected chi connectivity index (χ0v) is 21.9. The van der Waals surface area contributed by atoms with Gasteiger partial charge >= 0.3 is 12.1 Å². The normalized spacial score (nSPS) is 28.3. The first-order chi connectivity index (χ1) is 17.0. The van der Waals surface area contributed by atoms with Gasteiger partial charge in [0.25, 0.3) is 0 Å². The summed E-state index contributed by atoms with van der Waals surface area (Å²) in [5, 5.41) is 16.8. The van der Waals surface area contributed by atoms with Crippen molar-refractivity contribution in [3.63, 3.8) is 0 Å². The average Bonchev–Trinajstić information content (AvgIpc) is 3.11. The standard InChI is InChI=1S/C25H36F3N5O4/c1-23(2,3)18(32-22(37)25(26,27)28)21(36)33-12-15-16(24(15,4)5)17(33)20(35)31-14(8-9-29)11-13-7-6-10-30-19(13)34/h13-18H,6-8,10-12H2,1-5H3,(H,30,34)(H,31,35)(H,32,37)/t13-,14+,15-,16-,17-,18+/m0/s1. The van der Waals surface area contributed by atoms with Crippen molar-refractivity contribution in [1.82, 2.24) is 20.9 Å². The molecule has 2 saturated heterocycles. The van der Waals surface area contributed by atoms with Crippen molar-refractivity contribution in [3.8, 4) is 6.07 Å². The molecule has 3 rings (SSSR count). The number of hydrogen-bond donors (Lipinski definition) is 3. The molecular weight excluding hydrogens is 491 g/mol. The third-order valence-electron chi connectivity index (χ3n) is 8.06. The van der Waals surface area contributed by atoms with Crippen molar-refractivity contribution < 1.29 is 32.3 Å². The average molecular weight is 528 g/mol. The zero-order valence-electron chi connectivity index (χ0n) is 21.9. The number of nitrogens with zero attached hydrogens (tertiary/aromatic N) is 2. The molecule has 1 saturated carbocycles. The smallest absolute Gasteiger partial charge is 0.356 e. The van der Waals surface area contributed by atoms with Crippen molar-refractivity contribution in [2.45, 2.75) is 84.6 Å². The van der Waals surface area contributed by atoms with E-state index in [1.54, 1.807) is 20.8 Å². The van der Waals surface area contributed by atoms with Gasteiger partial charge in [-0.2, -0.15) is 18.4 Å². The van der Waals surface area contributed by atoms with Crippen molar-refractivity contribution in [2.75, 3.05) is 13.1 Å². The van der Waals surface area contributed by atoms with E-state index in [1.165, 1.54) is 4.90 Å². The molecule has 0 aromatic carbocycles. The molecule has 1 aliphatic carbocycles. The Hall–Kier alpha value is -2.84. The summed E-state index contributed by atoms with van der Waals surface area (Å²) in [6.07, 6.45) is -3.48. The molecule has 12 heteroatoms. The number of amides is 4. The van der Waals surface area contributed by atoms with E-state index in [0.717, 1.165) is 6.42 Å². The fourth-order valence-corrected chi connectivity index (χ4v) is 5.83. The van der Waals surface area contributed by atoms with E-state index < -0.39 is 47.4 Å². The van der Waals surface area contributed by atoms with Crippen LogP contribution in [0.5, 0.6) is 0 Å². The summed E-state index contributed by atoms with van der Waals surface area (Å²) in [7, 11) is 0. The van der Waals surface area contributed by atoms with Crippen molar-refractivity contribution in [2.24, 2.45) is 28.6 Å². The molecule has 0 bridgehead atoms. The highest BCUT2D eigenvalue weighted by Crippen LogP contribution is 2.65. The van der Waals surface area contributed by atoms with Gasteiger partial charge in [0.05, 0.1) is 12.5 Å². The first kappa shape index (κ1) is 28.7. The molecule has 0 unspecified atom stereocenters. The number of rotatable bonds is 7. The first-order valence-corrected chi connectivity index (χ1v) is 12.6. The second-order valence-corrected chi connectivity index (χ2v) is 12.1. The van der Waals surface area contributed by atoms with Gasteiger partial charge in [-0.3, -0.25) is 19.2 Å². The molecule has 4 amide bonds. The maximum atomic E-state index is 13.6. The summed E-state index contributed by atoms with van der Waals surface area (Å²) >= 11 is 0. The molecule has 0 aromatic heterocycles. The molecule has 6 atom stereocenters. The summed E-state index contributed by atoms with van der Waals surface area (Å²) in [5.41, 5.74) is -1.31. The van der Waals surface area contributed by atoms with Crippen LogP contribution in [-0.4, -0.2) is 65.9 Å². The van der Waals surface area contributed by atoms with Crippen LogP contribution in [0.3, 0.4) is 0 Å². The van der Waals surface area contributed by atoms with E-state index in [-0.39, 0.29) is 48.5 Å². The lowest BCUT2D eigenvalue weighted by Gasteiger charge is -2.38. The summed E-state index contributed by atoms with van der Waals surface area (Å²) in [5.74, 6) is -4.18. The minimum absolute atomic E-state index is 0.0234. The Balaban J connectivity index is 1.82. The monoisotopic (exact) mass is 527 g/mol. The third kappa shape index (κ3) is 6.02. The van der Waals surface area contributed by atoms with Crippen LogP contribution < -0.4 is 16.0 Å². The summed E-state index contributed by atoms with van der Waals surface area (Å²) < 4.78 is 39.0. The van der Waals surface area contributed by atoms with Crippen molar-refractivity contribution >= 4 is 23.6 Å². The Bertz CT molecular complexity index is 984. The minimum Gasteiger partial charge on any atom is -0.356 e. The molecule has 206 valence electrons. The van der Waals surface area contributed by atoms with E-state index >= 15 is 0 Å².